The van der Waals surface area contributed by atoms with Gasteiger partial charge in [0.1, 0.15) is 0 Å². The molecule has 35 heavy (non-hydrogen) atoms. The number of ketones is 1. The van der Waals surface area contributed by atoms with Crippen molar-refractivity contribution in [1.82, 2.24) is 0 Å². The molecule has 4 aliphatic carbocycles. The van der Waals surface area contributed by atoms with Gasteiger partial charge in [0, 0.05) is 13.0 Å². The van der Waals surface area contributed by atoms with Crippen molar-refractivity contribution in [2.24, 2.45) is 39.9 Å². The first-order valence-corrected chi connectivity index (χ1v) is 14.7. The molecule has 0 aromatic rings. The number of unbranched alkanes of at least 4 members (excludes halogenated alkanes) is 6. The number of fused-ring (bicyclic) bond motifs is 5. The summed E-state index contributed by atoms with van der Waals surface area (Å²) in [4.78, 5) is 24.2. The Morgan fingerprint density at radius 3 is 2.29 bits per heavy atom. The minimum absolute atomic E-state index is 0.104. The van der Waals surface area contributed by atoms with Crippen molar-refractivity contribution in [2.75, 3.05) is 6.61 Å². The van der Waals surface area contributed by atoms with Gasteiger partial charge in [-0.25, -0.2) is 0 Å². The van der Waals surface area contributed by atoms with Crippen molar-refractivity contribution in [1.29, 1.82) is 0 Å². The molecule has 0 aliphatic heterocycles. The summed E-state index contributed by atoms with van der Waals surface area (Å²) in [5.74, 6) is 2.25. The molecule has 4 aliphatic rings. The molecule has 3 fully saturated rings. The molecule has 0 bridgehead atoms. The van der Waals surface area contributed by atoms with E-state index in [1.165, 1.54) is 56.9 Å². The van der Waals surface area contributed by atoms with Gasteiger partial charge in [0.15, 0.2) is 5.78 Å². The van der Waals surface area contributed by atoms with E-state index in [1.807, 2.05) is 6.08 Å². The summed E-state index contributed by atoms with van der Waals surface area (Å²) in [5.41, 5.74) is 1.61. The molecule has 0 spiro atoms. The highest BCUT2D eigenvalue weighted by Crippen LogP contribution is 2.71. The van der Waals surface area contributed by atoms with Gasteiger partial charge < -0.3 is 10.2 Å². The number of aliphatic hydroxyl groups is 1. The van der Waals surface area contributed by atoms with Crippen LogP contribution in [0.1, 0.15) is 124 Å². The SMILES string of the molecule is C[C@]1(CC(=O)O)CC[C@H]2[C@@H]3[C@H](CCCCCCCCCO)CC4=CC(=O)CC[C@]4(C)[C@H]3CC[C@@]21C. The molecule has 4 rings (SSSR count). The Morgan fingerprint density at radius 1 is 0.943 bits per heavy atom. The maximum absolute atomic E-state index is 12.4. The van der Waals surface area contributed by atoms with Crippen LogP contribution < -0.4 is 0 Å². The molecule has 0 aromatic heterocycles. The van der Waals surface area contributed by atoms with Crippen LogP contribution in [0.3, 0.4) is 0 Å². The monoisotopic (exact) mass is 486 g/mol. The number of hydrogen-bond donors (Lipinski definition) is 2. The molecule has 0 heterocycles. The van der Waals surface area contributed by atoms with Gasteiger partial charge in [0.25, 0.3) is 0 Å². The largest absolute Gasteiger partial charge is 0.481 e. The predicted molar refractivity (Wildman–Crippen MR) is 140 cm³/mol. The quantitative estimate of drug-likeness (QED) is 0.300. The predicted octanol–water partition coefficient (Wildman–Crippen LogP) is 7.34. The highest BCUT2D eigenvalue weighted by atomic mass is 16.4. The van der Waals surface area contributed by atoms with Gasteiger partial charge in [-0.2, -0.15) is 0 Å². The minimum atomic E-state index is -0.640. The van der Waals surface area contributed by atoms with Crippen molar-refractivity contribution >= 4 is 11.8 Å². The average molecular weight is 487 g/mol. The molecule has 4 nitrogen and oxygen atoms in total. The van der Waals surface area contributed by atoms with E-state index in [9.17, 15) is 14.7 Å². The zero-order chi connectivity index (χ0) is 25.3. The van der Waals surface area contributed by atoms with E-state index >= 15 is 0 Å². The zero-order valence-electron chi connectivity index (χ0n) is 22.6. The number of aliphatic hydroxyl groups excluding tert-OH is 1. The van der Waals surface area contributed by atoms with Crippen LogP contribution in [0.5, 0.6) is 0 Å². The van der Waals surface area contributed by atoms with E-state index in [0.717, 1.165) is 38.5 Å². The number of carboxylic acid groups (broad SMARTS) is 1. The molecule has 0 unspecified atom stereocenters. The van der Waals surface area contributed by atoms with Gasteiger partial charge in [-0.3, -0.25) is 9.59 Å². The standard InChI is InChI=1S/C31H50O4/c1-29(21-27(34)35)15-13-26-28-22(11-9-7-5-4-6-8-10-18-32)19-23-20-24(33)12-16-30(23,2)25(28)14-17-31(26,29)3/h20,22,25-26,28,32H,4-19,21H2,1-3H3,(H,34,35)/t22-,25+,26+,28-,29-,30+,31+/m1/s1. The summed E-state index contributed by atoms with van der Waals surface area (Å²) >= 11 is 0. The van der Waals surface area contributed by atoms with Crippen molar-refractivity contribution in [3.63, 3.8) is 0 Å². The number of aliphatic carboxylic acids is 1. The first-order chi connectivity index (χ1) is 16.6. The Morgan fingerprint density at radius 2 is 1.60 bits per heavy atom. The van der Waals surface area contributed by atoms with E-state index in [0.29, 0.717) is 48.9 Å². The summed E-state index contributed by atoms with van der Waals surface area (Å²) in [7, 11) is 0. The second kappa shape index (κ2) is 10.7. The van der Waals surface area contributed by atoms with Gasteiger partial charge in [-0.05, 0) is 97.4 Å². The number of carbonyl (C=O) groups excluding carboxylic acids is 1. The number of allylic oxidation sites excluding steroid dienone is 1. The van der Waals surface area contributed by atoms with Gasteiger partial charge in [0.05, 0.1) is 6.42 Å². The summed E-state index contributed by atoms with van der Waals surface area (Å²) in [5, 5.41) is 18.7. The number of carbonyl (C=O) groups is 2. The smallest absolute Gasteiger partial charge is 0.303 e. The zero-order valence-corrected chi connectivity index (χ0v) is 22.6. The molecule has 198 valence electrons. The molecule has 0 amide bonds. The van der Waals surface area contributed by atoms with E-state index in [1.54, 1.807) is 0 Å². The van der Waals surface area contributed by atoms with Gasteiger partial charge in [-0.1, -0.05) is 64.9 Å². The molecule has 4 heteroatoms. The lowest BCUT2D eigenvalue weighted by Crippen LogP contribution is -2.55. The summed E-state index contributed by atoms with van der Waals surface area (Å²) in [6, 6.07) is 0. The third kappa shape index (κ3) is 5.03. The number of hydrogen-bond acceptors (Lipinski definition) is 3. The summed E-state index contributed by atoms with van der Waals surface area (Å²) < 4.78 is 0. The first kappa shape index (κ1) is 26.9. The van der Waals surface area contributed by atoms with Crippen LogP contribution in [-0.2, 0) is 9.59 Å². The lowest BCUT2D eigenvalue weighted by molar-refractivity contribution is -0.145. The Hall–Kier alpha value is -1.16. The molecular weight excluding hydrogens is 436 g/mol. The lowest BCUT2D eigenvalue weighted by Gasteiger charge is -2.62. The summed E-state index contributed by atoms with van der Waals surface area (Å²) in [6.45, 7) is 7.47. The fourth-order valence-corrected chi connectivity index (χ4v) is 9.39. The van der Waals surface area contributed by atoms with Crippen LogP contribution in [-0.4, -0.2) is 28.6 Å². The number of carboxylic acids is 1. The average Bonchev–Trinajstić information content (AvgIpc) is 3.06. The van der Waals surface area contributed by atoms with Crippen LogP contribution in [0.2, 0.25) is 0 Å². The van der Waals surface area contributed by atoms with E-state index < -0.39 is 5.97 Å². The van der Waals surface area contributed by atoms with Crippen LogP contribution in [0.25, 0.3) is 0 Å². The molecule has 2 N–H and O–H groups in total. The Labute approximate surface area is 213 Å². The Bertz CT molecular complexity index is 817. The highest BCUT2D eigenvalue weighted by Gasteiger charge is 2.64. The van der Waals surface area contributed by atoms with Crippen LogP contribution >= 0.6 is 0 Å². The molecular formula is C31H50O4. The normalized spacial score (nSPS) is 40.6. The van der Waals surface area contributed by atoms with Crippen molar-refractivity contribution in [3.8, 4) is 0 Å². The second-order valence-electron chi connectivity index (χ2n) is 13.4. The maximum Gasteiger partial charge on any atom is 0.303 e. The van der Waals surface area contributed by atoms with Crippen LogP contribution in [0.4, 0.5) is 0 Å². The molecule has 0 radical (unpaired) electrons. The maximum atomic E-state index is 12.4. The van der Waals surface area contributed by atoms with Gasteiger partial charge in [-0.15, -0.1) is 0 Å². The third-order valence-corrected chi connectivity index (χ3v) is 11.7. The van der Waals surface area contributed by atoms with Crippen molar-refractivity contribution in [2.45, 2.75) is 124 Å². The molecule has 3 saturated carbocycles. The van der Waals surface area contributed by atoms with Crippen molar-refractivity contribution < 1.29 is 19.8 Å². The second-order valence-corrected chi connectivity index (χ2v) is 13.4. The lowest BCUT2D eigenvalue weighted by atomic mass is 9.43. The van der Waals surface area contributed by atoms with Crippen LogP contribution in [0, 0.1) is 39.9 Å². The fourth-order valence-electron chi connectivity index (χ4n) is 9.39. The molecule has 7 atom stereocenters. The van der Waals surface area contributed by atoms with E-state index in [4.69, 9.17) is 5.11 Å². The minimum Gasteiger partial charge on any atom is -0.481 e. The third-order valence-electron chi connectivity index (χ3n) is 11.7. The fraction of sp³-hybridized carbons (Fsp3) is 0.871. The van der Waals surface area contributed by atoms with Gasteiger partial charge >= 0.3 is 5.97 Å². The molecule has 0 saturated heterocycles. The highest BCUT2D eigenvalue weighted by molar-refractivity contribution is 5.91. The van der Waals surface area contributed by atoms with Crippen LogP contribution in [0.15, 0.2) is 11.6 Å². The molecule has 0 aromatic carbocycles. The first-order valence-electron chi connectivity index (χ1n) is 14.7. The van der Waals surface area contributed by atoms with E-state index in [2.05, 4.69) is 20.8 Å². The number of rotatable bonds is 11. The van der Waals surface area contributed by atoms with Crippen molar-refractivity contribution in [3.05, 3.63) is 11.6 Å². The summed E-state index contributed by atoms with van der Waals surface area (Å²) in [6.07, 6.45) is 19.3. The van der Waals surface area contributed by atoms with Gasteiger partial charge in [0.2, 0.25) is 0 Å². The van der Waals surface area contributed by atoms with E-state index in [-0.39, 0.29) is 16.2 Å². The topological polar surface area (TPSA) is 74.6 Å². The Balaban J connectivity index is 1.51. The Kier molecular flexibility index (Phi) is 8.20.